The van der Waals surface area contributed by atoms with E-state index in [-0.39, 0.29) is 68.8 Å². The minimum Gasteiger partial charge on any atom is -0.455 e. The van der Waals surface area contributed by atoms with E-state index < -0.39 is 61.8 Å². The van der Waals surface area contributed by atoms with Crippen LogP contribution < -0.4 is 35.8 Å². The highest BCUT2D eigenvalue weighted by Crippen LogP contribution is 2.43. The van der Waals surface area contributed by atoms with Crippen LogP contribution in [0, 0.1) is 23.3 Å². The average Bonchev–Trinajstić information content (AvgIpc) is 1.52. The molecular weight excluding hydrogens is 1400 g/mol. The quantitative estimate of drug-likeness (QED) is 0.0767. The molecule has 0 bridgehead atoms. The summed E-state index contributed by atoms with van der Waals surface area (Å²) in [5.41, 5.74) is 3.80. The van der Waals surface area contributed by atoms with Crippen molar-refractivity contribution >= 4 is 115 Å². The first-order valence-electron chi connectivity index (χ1n) is 31.1. The van der Waals surface area contributed by atoms with Crippen LogP contribution in [0.25, 0.3) is 77.3 Å². The topological polar surface area (TPSA) is 222 Å². The summed E-state index contributed by atoms with van der Waals surface area (Å²) in [4.78, 5) is 52.2. The number of halogens is 5. The number of hydrogen-bond donors (Lipinski definition) is 2. The Bertz CT molecular complexity index is 5540. The lowest BCUT2D eigenvalue weighted by Crippen LogP contribution is -2.41. The number of pyridine rings is 2. The number of fused-ring (bicyclic) bond motifs is 4. The summed E-state index contributed by atoms with van der Waals surface area (Å²) in [5.74, 6) is -1.96. The molecule has 5 heterocycles. The maximum absolute atomic E-state index is 13.7. The minimum atomic E-state index is -3.75. The number of anilines is 2. The number of sulfonamides is 2. The van der Waals surface area contributed by atoms with Crippen molar-refractivity contribution in [3.8, 4) is 33.8 Å². The van der Waals surface area contributed by atoms with E-state index in [4.69, 9.17) is 18.1 Å². The Kier molecular flexibility index (Phi) is 19.9. The molecule has 8 aromatic carbocycles. The molecule has 1 aliphatic rings. The van der Waals surface area contributed by atoms with Crippen molar-refractivity contribution in [1.29, 1.82) is 0 Å². The van der Waals surface area contributed by atoms with Crippen molar-refractivity contribution < 1.29 is 62.1 Å². The summed E-state index contributed by atoms with van der Waals surface area (Å²) < 4.78 is 135. The fourth-order valence-corrected chi connectivity index (χ4v) is 12.8. The van der Waals surface area contributed by atoms with E-state index in [9.17, 15) is 53.6 Å². The monoisotopic (exact) mass is 1460 g/mol. The predicted octanol–water partition coefficient (Wildman–Crippen LogP) is 13.4. The molecule has 2 N–H and O–H groups in total. The largest absolute Gasteiger partial charge is 0.497 e. The van der Waals surface area contributed by atoms with Crippen LogP contribution in [-0.4, -0.2) is 96.8 Å². The van der Waals surface area contributed by atoms with Gasteiger partial charge in [-0.25, -0.2) is 34.4 Å². The van der Waals surface area contributed by atoms with Crippen molar-refractivity contribution in [2.24, 2.45) is 0 Å². The SMILES string of the molecule is CNC(=O)c1c(-c2ccc(F)cc2)oc2cc(N(C)S(C)(=O)=O)c(-c3ccc4ccn(Cc5ccc(F)cc5)c(=O)c4c3)cc12.CNC(=O)c1c(-c2ccc(F)cc2)oc2cc(N(C)S(C)(=O)=O)c(B3OC(C)(C)C(C)(C)O3)cc12.O=c1c2cc(Br)ccc2ccn1Cc1ccc(F)cc1. The Labute approximate surface area is 581 Å². The second-order valence-corrected chi connectivity index (χ2v) is 29.8. The number of furan rings is 2. The third-order valence-corrected chi connectivity index (χ3v) is 20.6. The molecule has 18 nitrogen and oxygen atoms in total. The van der Waals surface area contributed by atoms with Crippen LogP contribution in [0.3, 0.4) is 0 Å². The maximum atomic E-state index is 13.7. The van der Waals surface area contributed by atoms with E-state index >= 15 is 0 Å². The standard InChI is InChI=1S/C34H27F2N3O5S.C24H28BFN2O6S.C16H11BrFNO/c1-37-33(40)31-28-17-26(29(38(2)45(3,42)43)18-30(28)44-32(31)22-8-12-25(36)13-9-22)23-7-6-21-14-15-39(34(41)27(21)16-23)19-20-4-10-24(35)11-5-20;1-23(2)24(3,4)34-25(33-23)17-12-16-19(13-18(17)28(6)35(7,30)31)32-21(20(16)22(29)27-5)14-8-10-15(26)11-9-14;17-13-4-3-12-7-8-19(16(20)15(12)9-13)10-11-1-5-14(18)6-2-11/h4-18H,19H2,1-3H3,(H,37,40);8-13H,1-7H3,(H,27,29);1-9H,10H2. The molecule has 0 radical (unpaired) electrons. The summed E-state index contributed by atoms with van der Waals surface area (Å²) in [5, 5.41) is 8.72. The molecule has 12 aromatic rings. The Morgan fingerprint density at radius 1 is 0.500 bits per heavy atom. The first kappa shape index (κ1) is 71.2. The maximum Gasteiger partial charge on any atom is 0.497 e. The number of carbonyl (C=O) groups excluding carboxylic acids is 2. The lowest BCUT2D eigenvalue weighted by Gasteiger charge is -2.32. The molecule has 1 saturated heterocycles. The Balaban J connectivity index is 0.000000162. The van der Waals surface area contributed by atoms with E-state index in [0.29, 0.717) is 66.9 Å². The number of aromatic nitrogens is 2. The van der Waals surface area contributed by atoms with Crippen LogP contribution >= 0.6 is 15.9 Å². The third-order valence-electron chi connectivity index (χ3n) is 17.7. The second-order valence-electron chi connectivity index (χ2n) is 24.9. The molecule has 1 fully saturated rings. The van der Waals surface area contributed by atoms with Crippen molar-refractivity contribution in [2.75, 3.05) is 49.3 Å². The van der Waals surface area contributed by atoms with E-state index in [1.54, 1.807) is 83.7 Å². The van der Waals surface area contributed by atoms with Gasteiger partial charge in [-0.2, -0.15) is 0 Å². The number of rotatable bonds is 14. The first-order chi connectivity index (χ1) is 47.2. The molecule has 1 aliphatic heterocycles. The second kappa shape index (κ2) is 27.9. The van der Waals surface area contributed by atoms with Crippen molar-refractivity contribution in [3.63, 3.8) is 0 Å². The van der Waals surface area contributed by atoms with E-state index in [1.165, 1.54) is 112 Å². The normalized spacial score (nSPS) is 13.4. The molecule has 0 saturated carbocycles. The average molecular weight is 1460 g/mol. The molecule has 26 heteroatoms. The Hall–Kier alpha value is -10.1. The highest BCUT2D eigenvalue weighted by Gasteiger charge is 2.53. The molecule has 0 unspecified atom stereocenters. The smallest absolute Gasteiger partial charge is 0.455 e. The van der Waals surface area contributed by atoms with Crippen LogP contribution in [-0.2, 0) is 42.4 Å². The van der Waals surface area contributed by atoms with Gasteiger partial charge in [-0.15, -0.1) is 0 Å². The van der Waals surface area contributed by atoms with E-state index in [1.807, 2.05) is 52.0 Å². The molecule has 100 heavy (non-hydrogen) atoms. The lowest BCUT2D eigenvalue weighted by molar-refractivity contribution is 0.00578. The van der Waals surface area contributed by atoms with Crippen LogP contribution in [0.4, 0.5) is 28.9 Å². The third kappa shape index (κ3) is 14.6. The molecule has 0 spiro atoms. The highest BCUT2D eigenvalue weighted by molar-refractivity contribution is 9.10. The van der Waals surface area contributed by atoms with Gasteiger partial charge in [-0.1, -0.05) is 58.4 Å². The van der Waals surface area contributed by atoms with Gasteiger partial charge in [0.15, 0.2) is 0 Å². The fraction of sp³-hybridized carbons (Fsp3) is 0.189. The molecule has 2 amide bonds. The fourth-order valence-electron chi connectivity index (χ4n) is 11.4. The molecule has 0 aliphatic carbocycles. The van der Waals surface area contributed by atoms with Gasteiger partial charge in [-0.3, -0.25) is 27.8 Å². The van der Waals surface area contributed by atoms with Gasteiger partial charge in [-0.05, 0) is 170 Å². The van der Waals surface area contributed by atoms with E-state index in [0.717, 1.165) is 42.1 Å². The van der Waals surface area contributed by atoms with Gasteiger partial charge in [0.2, 0.25) is 20.0 Å². The molecule has 0 atom stereocenters. The van der Waals surface area contributed by atoms with Gasteiger partial charge in [0, 0.05) is 101 Å². The van der Waals surface area contributed by atoms with Crippen molar-refractivity contribution in [1.82, 2.24) is 19.8 Å². The summed E-state index contributed by atoms with van der Waals surface area (Å²) in [6, 6.07) is 44.1. The summed E-state index contributed by atoms with van der Waals surface area (Å²) >= 11 is 3.38. The number of hydrogen-bond acceptors (Lipinski definition) is 12. The van der Waals surface area contributed by atoms with Crippen molar-refractivity contribution in [3.05, 3.63) is 253 Å². The molecule has 4 aromatic heterocycles. The van der Waals surface area contributed by atoms with Crippen LogP contribution in [0.2, 0.25) is 0 Å². The number of carbonyl (C=O) groups is 2. The number of amides is 2. The molecule has 514 valence electrons. The summed E-state index contributed by atoms with van der Waals surface area (Å²) in [6.07, 6.45) is 5.59. The van der Waals surface area contributed by atoms with Gasteiger partial charge >= 0.3 is 7.12 Å². The Morgan fingerprint density at radius 2 is 0.880 bits per heavy atom. The number of nitrogens with one attached hydrogen (secondary N) is 2. The zero-order chi connectivity index (χ0) is 72.1. The van der Waals surface area contributed by atoms with Crippen LogP contribution in [0.5, 0.6) is 0 Å². The Morgan fingerprint density at radius 3 is 1.31 bits per heavy atom. The predicted molar refractivity (Wildman–Crippen MR) is 386 cm³/mol. The number of nitrogens with zero attached hydrogens (tertiary/aromatic N) is 4. The first-order valence-corrected chi connectivity index (χ1v) is 35.5. The minimum absolute atomic E-state index is 0.0480. The zero-order valence-electron chi connectivity index (χ0n) is 55.7. The van der Waals surface area contributed by atoms with Gasteiger partial charge in [0.05, 0.1) is 59.3 Å². The van der Waals surface area contributed by atoms with Gasteiger partial charge in [0.1, 0.15) is 46.0 Å². The zero-order valence-corrected chi connectivity index (χ0v) is 58.9. The molecular formula is C74H66BBrF4N6O12S2. The van der Waals surface area contributed by atoms with Crippen LogP contribution in [0.15, 0.2) is 205 Å². The number of benzene rings is 8. The van der Waals surface area contributed by atoms with Crippen molar-refractivity contribution in [2.45, 2.75) is 52.0 Å². The van der Waals surface area contributed by atoms with Gasteiger partial charge in [0.25, 0.3) is 22.9 Å². The van der Waals surface area contributed by atoms with E-state index in [2.05, 4.69) is 26.6 Å². The summed E-state index contributed by atoms with van der Waals surface area (Å²) in [7, 11) is -2.51. The van der Waals surface area contributed by atoms with Gasteiger partial charge < -0.3 is 37.9 Å². The lowest BCUT2D eigenvalue weighted by atomic mass is 9.77. The molecule has 13 rings (SSSR count). The summed E-state index contributed by atoms with van der Waals surface area (Å²) in [6.45, 7) is 8.24. The van der Waals surface area contributed by atoms with Crippen LogP contribution in [0.1, 0.15) is 59.5 Å². The highest BCUT2D eigenvalue weighted by atomic mass is 79.9.